The van der Waals surface area contributed by atoms with Crippen LogP contribution in [0, 0.1) is 13.8 Å². The van der Waals surface area contributed by atoms with Gasteiger partial charge in [-0.05, 0) is 78.3 Å². The monoisotopic (exact) mass is 592 g/mol. The van der Waals surface area contributed by atoms with Gasteiger partial charge in [0.05, 0.1) is 15.6 Å². The number of primary sulfonamides is 1. The number of hydrogen-bond acceptors (Lipinski definition) is 5. The lowest BCUT2D eigenvalue weighted by molar-refractivity contribution is 0.0929. The van der Waals surface area contributed by atoms with E-state index in [2.05, 4.69) is 42.4 Å². The molecule has 0 spiro atoms. The molecule has 0 saturated heterocycles. The number of furan rings is 1. The molecule has 8 nitrogen and oxygen atoms in total. The minimum Gasteiger partial charge on any atom is -0.450 e. The Bertz CT molecular complexity index is 1520. The van der Waals surface area contributed by atoms with Crippen LogP contribution in [0.15, 0.2) is 71.9 Å². The number of carbonyl (C=O) groups is 1. The van der Waals surface area contributed by atoms with Crippen molar-refractivity contribution in [2.75, 3.05) is 0 Å². The van der Waals surface area contributed by atoms with E-state index in [0.717, 1.165) is 37.0 Å². The molecule has 0 bridgehead atoms. The molecule has 0 aliphatic heterocycles. The fourth-order valence-electron chi connectivity index (χ4n) is 3.50. The Labute approximate surface area is 206 Å². The van der Waals surface area contributed by atoms with Crippen LogP contribution in [0.25, 0.3) is 16.7 Å². The van der Waals surface area contributed by atoms with E-state index >= 15 is 0 Å². The van der Waals surface area contributed by atoms with Crippen molar-refractivity contribution in [1.82, 2.24) is 9.99 Å². The van der Waals surface area contributed by atoms with Crippen LogP contribution in [0.3, 0.4) is 0 Å². The summed E-state index contributed by atoms with van der Waals surface area (Å²) in [5.74, 6) is -0.334. The number of carbonyl (C=O) groups excluding carboxylic acids is 1. The summed E-state index contributed by atoms with van der Waals surface area (Å²) in [6, 6.07) is 13.5. The summed E-state index contributed by atoms with van der Waals surface area (Å²) in [7, 11) is -3.76. The smallest absolute Gasteiger partial charge is 0.307 e. The number of hydrogen-bond donors (Lipinski definition) is 2. The van der Waals surface area contributed by atoms with Crippen LogP contribution in [0.1, 0.15) is 27.5 Å². The highest BCUT2D eigenvalue weighted by molar-refractivity contribution is 9.11. The van der Waals surface area contributed by atoms with Gasteiger partial charge in [0.1, 0.15) is 5.58 Å². The molecule has 0 radical (unpaired) electrons. The van der Waals surface area contributed by atoms with Gasteiger partial charge in [-0.25, -0.2) is 19.0 Å². The molecule has 4 aromatic rings. The predicted molar refractivity (Wildman–Crippen MR) is 133 cm³/mol. The van der Waals surface area contributed by atoms with Gasteiger partial charge in [-0.1, -0.05) is 15.9 Å². The van der Waals surface area contributed by atoms with Crippen LogP contribution >= 0.6 is 31.9 Å². The van der Waals surface area contributed by atoms with Crippen molar-refractivity contribution < 1.29 is 17.6 Å². The van der Waals surface area contributed by atoms with E-state index < -0.39 is 15.9 Å². The number of sulfonamides is 1. The summed E-state index contributed by atoms with van der Waals surface area (Å²) in [6.45, 7) is 3.82. The quantitative estimate of drug-likeness (QED) is 0.256. The topological polar surface area (TPSA) is 120 Å². The molecule has 0 aliphatic carbocycles. The van der Waals surface area contributed by atoms with Gasteiger partial charge in [-0.2, -0.15) is 5.10 Å². The van der Waals surface area contributed by atoms with Crippen LogP contribution in [0.2, 0.25) is 0 Å². The minimum absolute atomic E-state index is 0.0446. The van der Waals surface area contributed by atoms with Gasteiger partial charge in [0, 0.05) is 32.5 Å². The summed E-state index contributed by atoms with van der Waals surface area (Å²) in [6.07, 6.45) is 1.55. The Kier molecular flexibility index (Phi) is 6.32. The first kappa shape index (κ1) is 23.4. The van der Waals surface area contributed by atoms with E-state index in [1.165, 1.54) is 12.1 Å². The van der Waals surface area contributed by atoms with E-state index in [1.54, 1.807) is 24.4 Å². The lowest BCUT2D eigenvalue weighted by Gasteiger charge is -2.10. The maximum absolute atomic E-state index is 12.5. The zero-order valence-corrected chi connectivity index (χ0v) is 21.5. The number of halogens is 2. The first-order chi connectivity index (χ1) is 15.5. The molecular formula is C22H18Br2N4O4S. The summed E-state index contributed by atoms with van der Waals surface area (Å²) in [4.78, 5) is 12.5. The largest absolute Gasteiger partial charge is 0.450 e. The number of hydrazone groups is 1. The molecule has 2 heterocycles. The number of rotatable bonds is 5. The molecule has 0 fully saturated rings. The third-order valence-electron chi connectivity index (χ3n) is 5.02. The molecule has 2 aromatic heterocycles. The first-order valence-corrected chi connectivity index (χ1v) is 12.7. The highest BCUT2D eigenvalue weighted by Crippen LogP contribution is 2.31. The van der Waals surface area contributed by atoms with Gasteiger partial charge >= 0.3 is 5.91 Å². The number of amides is 1. The standard InChI is InChI=1S/C22H18Br2N4O4S/c1-12-7-15(13(2)28(12)17-3-5-18(6-4-17)33(25,30)31)11-26-27-22(29)20-9-14-8-16(23)10-19(24)21(14)32-20/h3-11H,1-2H3,(H,27,29)(H2,25,30,31)/b26-11-. The molecule has 11 heteroatoms. The van der Waals surface area contributed by atoms with Crippen molar-refractivity contribution in [3.63, 3.8) is 0 Å². The predicted octanol–water partition coefficient (Wildman–Crippen LogP) is 4.78. The first-order valence-electron chi connectivity index (χ1n) is 9.59. The van der Waals surface area contributed by atoms with Crippen molar-refractivity contribution in [2.24, 2.45) is 10.2 Å². The number of aromatic nitrogens is 1. The number of nitrogens with zero attached hydrogens (tertiary/aromatic N) is 2. The van der Waals surface area contributed by atoms with Gasteiger partial charge in [-0.3, -0.25) is 4.79 Å². The maximum Gasteiger partial charge on any atom is 0.307 e. The number of nitrogens with two attached hydrogens (primary N) is 1. The van der Waals surface area contributed by atoms with Gasteiger partial charge in [-0.15, -0.1) is 0 Å². The molecule has 0 saturated carbocycles. The Balaban J connectivity index is 1.53. The molecular weight excluding hydrogens is 576 g/mol. The van der Waals surface area contributed by atoms with Gasteiger partial charge < -0.3 is 8.98 Å². The minimum atomic E-state index is -3.76. The van der Waals surface area contributed by atoms with Crippen LogP contribution in [0.5, 0.6) is 0 Å². The Hall–Kier alpha value is -2.73. The second kappa shape index (κ2) is 8.90. The summed E-state index contributed by atoms with van der Waals surface area (Å²) in [5.41, 5.74) is 6.41. The molecule has 0 atom stereocenters. The Morgan fingerprint density at radius 3 is 2.48 bits per heavy atom. The fourth-order valence-corrected chi connectivity index (χ4v) is 5.36. The summed E-state index contributed by atoms with van der Waals surface area (Å²) < 4.78 is 32.2. The van der Waals surface area contributed by atoms with Crippen molar-refractivity contribution in [1.29, 1.82) is 0 Å². The van der Waals surface area contributed by atoms with Gasteiger partial charge in [0.15, 0.2) is 5.76 Å². The Morgan fingerprint density at radius 2 is 1.82 bits per heavy atom. The van der Waals surface area contributed by atoms with E-state index in [9.17, 15) is 13.2 Å². The lowest BCUT2D eigenvalue weighted by Crippen LogP contribution is -2.16. The maximum atomic E-state index is 12.5. The molecule has 4 rings (SSSR count). The van der Waals surface area contributed by atoms with Crippen LogP contribution in [-0.4, -0.2) is 25.1 Å². The number of aryl methyl sites for hydroxylation is 1. The van der Waals surface area contributed by atoms with E-state index in [4.69, 9.17) is 9.56 Å². The molecule has 1 amide bonds. The van der Waals surface area contributed by atoms with E-state index in [0.29, 0.717) is 5.58 Å². The molecule has 170 valence electrons. The lowest BCUT2D eigenvalue weighted by atomic mass is 10.2. The number of nitrogens with one attached hydrogen (secondary N) is 1. The van der Waals surface area contributed by atoms with Crippen molar-refractivity contribution >= 4 is 65.0 Å². The second-order valence-corrected chi connectivity index (χ2v) is 10.6. The van der Waals surface area contributed by atoms with Crippen molar-refractivity contribution in [2.45, 2.75) is 18.7 Å². The van der Waals surface area contributed by atoms with E-state index in [-0.39, 0.29) is 10.7 Å². The van der Waals surface area contributed by atoms with Crippen LogP contribution in [-0.2, 0) is 10.0 Å². The molecule has 0 aliphatic rings. The summed E-state index contributed by atoms with van der Waals surface area (Å²) in [5, 5.41) is 10.0. The van der Waals surface area contributed by atoms with Gasteiger partial charge in [0.2, 0.25) is 10.0 Å². The zero-order chi connectivity index (χ0) is 23.9. The number of fused-ring (bicyclic) bond motifs is 1. The average molecular weight is 594 g/mol. The number of benzene rings is 2. The third-order valence-corrected chi connectivity index (χ3v) is 7.00. The summed E-state index contributed by atoms with van der Waals surface area (Å²) >= 11 is 6.83. The normalized spacial score (nSPS) is 12.0. The molecule has 2 aromatic carbocycles. The van der Waals surface area contributed by atoms with Crippen LogP contribution in [0.4, 0.5) is 0 Å². The molecule has 33 heavy (non-hydrogen) atoms. The highest BCUT2D eigenvalue weighted by atomic mass is 79.9. The molecule has 3 N–H and O–H groups in total. The Morgan fingerprint density at radius 1 is 1.12 bits per heavy atom. The van der Waals surface area contributed by atoms with Gasteiger partial charge in [0.25, 0.3) is 0 Å². The average Bonchev–Trinajstić information content (AvgIpc) is 3.28. The third kappa shape index (κ3) is 4.81. The van der Waals surface area contributed by atoms with Crippen molar-refractivity contribution in [3.05, 3.63) is 80.2 Å². The van der Waals surface area contributed by atoms with Crippen LogP contribution < -0.4 is 10.6 Å². The molecule has 0 unspecified atom stereocenters. The second-order valence-electron chi connectivity index (χ2n) is 7.32. The van der Waals surface area contributed by atoms with E-state index in [1.807, 2.05) is 36.6 Å². The highest BCUT2D eigenvalue weighted by Gasteiger charge is 2.15. The van der Waals surface area contributed by atoms with Crippen molar-refractivity contribution in [3.8, 4) is 5.69 Å². The SMILES string of the molecule is Cc1cc(/C=N\NC(=O)c2cc3cc(Br)cc(Br)c3o2)c(C)n1-c1ccc(S(N)(=O)=O)cc1. The fraction of sp³-hybridized carbons (Fsp3) is 0.0909. The zero-order valence-electron chi connectivity index (χ0n) is 17.5.